The fourth-order valence-corrected chi connectivity index (χ4v) is 5.65. The van der Waals surface area contributed by atoms with Gasteiger partial charge in [0.15, 0.2) is 0 Å². The van der Waals surface area contributed by atoms with E-state index in [-0.39, 0.29) is 18.4 Å². The second kappa shape index (κ2) is 7.22. The van der Waals surface area contributed by atoms with Crippen molar-refractivity contribution in [3.05, 3.63) is 17.0 Å². The van der Waals surface area contributed by atoms with E-state index in [1.54, 1.807) is 10.4 Å². The van der Waals surface area contributed by atoms with E-state index >= 15 is 0 Å². The third-order valence-electron chi connectivity index (χ3n) is 3.74. The highest BCUT2D eigenvalue weighted by atomic mass is 35.5. The molecule has 20 heavy (non-hydrogen) atoms. The molecule has 2 unspecified atom stereocenters. The molecule has 0 amide bonds. The van der Waals surface area contributed by atoms with Crippen molar-refractivity contribution >= 4 is 33.8 Å². The molecule has 2 rings (SSSR count). The number of hydrogen-bond acceptors (Lipinski definition) is 4. The molecular weight excluding hydrogens is 316 g/mol. The van der Waals surface area contributed by atoms with Gasteiger partial charge >= 0.3 is 0 Å². The van der Waals surface area contributed by atoms with Gasteiger partial charge in [-0.3, -0.25) is 0 Å². The summed E-state index contributed by atoms with van der Waals surface area (Å²) in [6.45, 7) is 5.18. The topological polar surface area (TPSA) is 63.4 Å². The van der Waals surface area contributed by atoms with E-state index in [2.05, 4.69) is 6.92 Å². The summed E-state index contributed by atoms with van der Waals surface area (Å²) in [7, 11) is -3.36. The maximum Gasteiger partial charge on any atom is 0.252 e. The number of rotatable bonds is 4. The molecular formula is C13H23ClN2O2S2. The first-order valence-electron chi connectivity index (χ1n) is 6.79. The Balaban J connectivity index is 0.00000200. The van der Waals surface area contributed by atoms with Crippen LogP contribution in [0.15, 0.2) is 16.3 Å². The molecule has 0 bridgehead atoms. The molecule has 0 aliphatic carbocycles. The Labute approximate surface area is 131 Å². The lowest BCUT2D eigenvalue weighted by molar-refractivity contribution is 0.211. The highest BCUT2D eigenvalue weighted by molar-refractivity contribution is 7.91. The van der Waals surface area contributed by atoms with Crippen molar-refractivity contribution in [2.75, 3.05) is 13.1 Å². The molecule has 0 spiro atoms. The number of nitrogens with two attached hydrogens (primary N) is 1. The van der Waals surface area contributed by atoms with Crippen LogP contribution >= 0.6 is 23.7 Å². The van der Waals surface area contributed by atoms with Gasteiger partial charge in [-0.2, -0.15) is 4.31 Å². The Bertz CT molecular complexity index is 530. The number of sulfonamides is 1. The zero-order chi connectivity index (χ0) is 14.0. The lowest BCUT2D eigenvalue weighted by Gasteiger charge is -2.36. The number of halogens is 1. The van der Waals surface area contributed by atoms with Crippen LogP contribution < -0.4 is 5.73 Å². The molecule has 2 N–H and O–H groups in total. The van der Waals surface area contributed by atoms with Crippen LogP contribution in [-0.4, -0.2) is 31.9 Å². The molecule has 1 fully saturated rings. The van der Waals surface area contributed by atoms with Gasteiger partial charge in [0.1, 0.15) is 4.21 Å². The van der Waals surface area contributed by atoms with Gasteiger partial charge in [0.2, 0.25) is 0 Å². The van der Waals surface area contributed by atoms with Crippen molar-refractivity contribution < 1.29 is 8.42 Å². The number of nitrogens with zero attached hydrogens (tertiary/aromatic N) is 1. The van der Waals surface area contributed by atoms with Crippen molar-refractivity contribution in [3.63, 3.8) is 0 Å². The van der Waals surface area contributed by atoms with Gasteiger partial charge in [-0.15, -0.1) is 23.7 Å². The smallest absolute Gasteiger partial charge is 0.252 e. The summed E-state index contributed by atoms with van der Waals surface area (Å²) < 4.78 is 27.4. The van der Waals surface area contributed by atoms with Gasteiger partial charge in [0, 0.05) is 24.0 Å². The lowest BCUT2D eigenvalue weighted by atomic mass is 9.94. The van der Waals surface area contributed by atoms with Gasteiger partial charge in [-0.25, -0.2) is 8.42 Å². The first-order valence-corrected chi connectivity index (χ1v) is 9.05. The maximum atomic E-state index is 12.7. The van der Waals surface area contributed by atoms with E-state index in [4.69, 9.17) is 5.73 Å². The quantitative estimate of drug-likeness (QED) is 0.917. The average Bonchev–Trinajstić information content (AvgIpc) is 2.87. The maximum absolute atomic E-state index is 12.7. The van der Waals surface area contributed by atoms with Crippen LogP contribution in [0.3, 0.4) is 0 Å². The Morgan fingerprint density at radius 3 is 2.70 bits per heavy atom. The van der Waals surface area contributed by atoms with Crippen molar-refractivity contribution in [1.29, 1.82) is 0 Å². The van der Waals surface area contributed by atoms with E-state index in [9.17, 15) is 8.42 Å². The zero-order valence-corrected chi connectivity index (χ0v) is 14.4. The molecule has 2 atom stereocenters. The largest absolute Gasteiger partial charge is 0.329 e. The highest BCUT2D eigenvalue weighted by Crippen LogP contribution is 2.31. The van der Waals surface area contributed by atoms with E-state index < -0.39 is 10.0 Å². The van der Waals surface area contributed by atoms with Crippen LogP contribution in [0.1, 0.15) is 31.6 Å². The number of aryl methyl sites for hydroxylation is 1. The highest BCUT2D eigenvalue weighted by Gasteiger charge is 2.35. The normalized spacial score (nSPS) is 24.4. The minimum Gasteiger partial charge on any atom is -0.329 e. The summed E-state index contributed by atoms with van der Waals surface area (Å²) in [5.74, 6) is 0.550. The molecule has 0 saturated carbocycles. The Morgan fingerprint density at radius 1 is 1.45 bits per heavy atom. The Kier molecular flexibility index (Phi) is 6.47. The standard InChI is InChI=1S/C13H22N2O2S2.ClH/c1-3-12-4-5-13(18-12)19(16,17)15-7-6-10(2)8-11(15)9-14;/h4-5,10-11H,3,6-9,14H2,1-2H3;1H. The average molecular weight is 339 g/mol. The van der Waals surface area contributed by atoms with E-state index in [0.717, 1.165) is 24.1 Å². The molecule has 1 saturated heterocycles. The molecule has 1 aliphatic rings. The van der Waals surface area contributed by atoms with Crippen LogP contribution in [0, 0.1) is 5.92 Å². The van der Waals surface area contributed by atoms with Crippen LogP contribution in [0.2, 0.25) is 0 Å². The van der Waals surface area contributed by atoms with E-state index in [0.29, 0.717) is 23.2 Å². The number of thiophene rings is 1. The third-order valence-corrected chi connectivity index (χ3v) is 7.39. The summed E-state index contributed by atoms with van der Waals surface area (Å²) in [5, 5.41) is 0. The minimum absolute atomic E-state index is 0. The third kappa shape index (κ3) is 3.54. The molecule has 1 aromatic rings. The fourth-order valence-electron chi connectivity index (χ4n) is 2.56. The number of piperidine rings is 1. The van der Waals surface area contributed by atoms with Crippen molar-refractivity contribution in [2.45, 2.75) is 43.4 Å². The molecule has 0 radical (unpaired) electrons. The second-order valence-electron chi connectivity index (χ2n) is 5.21. The first kappa shape index (κ1) is 17.9. The van der Waals surface area contributed by atoms with Gasteiger partial charge in [-0.1, -0.05) is 13.8 Å². The molecule has 7 heteroatoms. The predicted molar refractivity (Wildman–Crippen MR) is 86.1 cm³/mol. The van der Waals surface area contributed by atoms with E-state index in [1.165, 1.54) is 11.3 Å². The summed E-state index contributed by atoms with van der Waals surface area (Å²) in [5.41, 5.74) is 5.76. The van der Waals surface area contributed by atoms with Crippen LogP contribution in [0.25, 0.3) is 0 Å². The van der Waals surface area contributed by atoms with Crippen LogP contribution in [-0.2, 0) is 16.4 Å². The van der Waals surface area contributed by atoms with Crippen LogP contribution in [0.5, 0.6) is 0 Å². The Hall–Kier alpha value is -0.140. The van der Waals surface area contributed by atoms with Gasteiger partial charge in [0.25, 0.3) is 10.0 Å². The SMILES string of the molecule is CCc1ccc(S(=O)(=O)N2CCC(C)CC2CN)s1.Cl. The molecule has 0 aromatic carbocycles. The molecule has 116 valence electrons. The monoisotopic (exact) mass is 338 g/mol. The van der Waals surface area contributed by atoms with Crippen molar-refractivity contribution in [1.82, 2.24) is 4.31 Å². The summed E-state index contributed by atoms with van der Waals surface area (Å²) in [4.78, 5) is 1.10. The molecule has 4 nitrogen and oxygen atoms in total. The van der Waals surface area contributed by atoms with Gasteiger partial charge in [-0.05, 0) is 37.3 Å². The minimum atomic E-state index is -3.36. The molecule has 2 heterocycles. The predicted octanol–water partition coefficient (Wildman–Crippen LogP) is 2.48. The summed E-state index contributed by atoms with van der Waals surface area (Å²) in [6, 6.07) is 3.58. The van der Waals surface area contributed by atoms with Crippen molar-refractivity contribution in [3.8, 4) is 0 Å². The zero-order valence-electron chi connectivity index (χ0n) is 11.9. The second-order valence-corrected chi connectivity index (χ2v) is 8.49. The molecule has 1 aromatic heterocycles. The fraction of sp³-hybridized carbons (Fsp3) is 0.692. The van der Waals surface area contributed by atoms with Crippen molar-refractivity contribution in [2.24, 2.45) is 11.7 Å². The lowest BCUT2D eigenvalue weighted by Crippen LogP contribution is -2.48. The molecule has 1 aliphatic heterocycles. The summed E-state index contributed by atoms with van der Waals surface area (Å²) in [6.07, 6.45) is 2.65. The first-order chi connectivity index (χ1) is 8.98. The number of hydrogen-bond donors (Lipinski definition) is 1. The van der Waals surface area contributed by atoms with Gasteiger partial charge < -0.3 is 5.73 Å². The van der Waals surface area contributed by atoms with E-state index in [1.807, 2.05) is 13.0 Å². The Morgan fingerprint density at radius 2 is 2.15 bits per heavy atom. The van der Waals surface area contributed by atoms with Crippen LogP contribution in [0.4, 0.5) is 0 Å². The summed E-state index contributed by atoms with van der Waals surface area (Å²) >= 11 is 1.38. The van der Waals surface area contributed by atoms with Gasteiger partial charge in [0.05, 0.1) is 0 Å².